The second-order valence-electron chi connectivity index (χ2n) is 4.16. The van der Waals surface area contributed by atoms with Gasteiger partial charge in [-0.1, -0.05) is 23.7 Å². The molecule has 0 aromatic heterocycles. The number of benzene rings is 1. The van der Waals surface area contributed by atoms with E-state index in [2.05, 4.69) is 15.6 Å². The van der Waals surface area contributed by atoms with Crippen LogP contribution in [0.25, 0.3) is 6.08 Å². The zero-order valence-electron chi connectivity index (χ0n) is 11.4. The second kappa shape index (κ2) is 6.90. The van der Waals surface area contributed by atoms with Gasteiger partial charge in [0, 0.05) is 5.02 Å². The quantitative estimate of drug-likeness (QED) is 0.649. The molecule has 1 aliphatic heterocycles. The number of nitrogens with one attached hydrogen (secondary N) is 2. The van der Waals surface area contributed by atoms with Crippen molar-refractivity contribution in [1.29, 1.82) is 0 Å². The van der Waals surface area contributed by atoms with Gasteiger partial charge in [-0.05, 0) is 30.7 Å². The van der Waals surface area contributed by atoms with Gasteiger partial charge in [-0.25, -0.2) is 4.99 Å². The van der Waals surface area contributed by atoms with Gasteiger partial charge in [0.2, 0.25) is 5.96 Å². The number of carbonyl (C=O) groups excluding carboxylic acids is 2. The van der Waals surface area contributed by atoms with E-state index in [-0.39, 0.29) is 18.4 Å². The van der Waals surface area contributed by atoms with E-state index < -0.39 is 5.97 Å². The molecule has 0 radical (unpaired) electrons. The van der Waals surface area contributed by atoms with Crippen molar-refractivity contribution in [2.75, 3.05) is 13.2 Å². The smallest absolute Gasteiger partial charge is 0.327 e. The molecule has 0 saturated carbocycles. The van der Waals surface area contributed by atoms with Crippen LogP contribution in [0.2, 0.25) is 5.02 Å². The van der Waals surface area contributed by atoms with Gasteiger partial charge in [0.25, 0.3) is 5.91 Å². The van der Waals surface area contributed by atoms with Crippen molar-refractivity contribution in [3.8, 4) is 0 Å². The highest BCUT2D eigenvalue weighted by atomic mass is 35.5. The third kappa shape index (κ3) is 4.32. The number of rotatable bonds is 4. The minimum Gasteiger partial charge on any atom is -0.465 e. The molecular weight excluding hydrogens is 294 g/mol. The zero-order chi connectivity index (χ0) is 15.2. The number of hydrogen-bond acceptors (Lipinski definition) is 4. The Morgan fingerprint density at radius 2 is 2.24 bits per heavy atom. The first-order valence-corrected chi connectivity index (χ1v) is 6.72. The Kier molecular flexibility index (Phi) is 4.94. The zero-order valence-corrected chi connectivity index (χ0v) is 12.1. The Morgan fingerprint density at radius 3 is 2.95 bits per heavy atom. The van der Waals surface area contributed by atoms with E-state index in [4.69, 9.17) is 16.3 Å². The number of aliphatic imine (C=N–C) groups is 1. The number of carbonyl (C=O) groups is 2. The third-order valence-corrected chi connectivity index (χ3v) is 2.80. The van der Waals surface area contributed by atoms with Crippen molar-refractivity contribution < 1.29 is 14.3 Å². The first-order chi connectivity index (χ1) is 10.1. The second-order valence-corrected chi connectivity index (χ2v) is 4.60. The Balaban J connectivity index is 2.06. The molecule has 1 aromatic rings. The summed E-state index contributed by atoms with van der Waals surface area (Å²) >= 11 is 5.88. The molecule has 1 heterocycles. The topological polar surface area (TPSA) is 79.8 Å². The van der Waals surface area contributed by atoms with Crippen LogP contribution in [-0.4, -0.2) is 31.0 Å². The summed E-state index contributed by atoms with van der Waals surface area (Å²) in [5.41, 5.74) is 1.12. The monoisotopic (exact) mass is 307 g/mol. The van der Waals surface area contributed by atoms with Gasteiger partial charge >= 0.3 is 5.97 Å². The lowest BCUT2D eigenvalue weighted by Crippen LogP contribution is -2.26. The highest BCUT2D eigenvalue weighted by Gasteiger charge is 2.21. The Labute approximate surface area is 126 Å². The van der Waals surface area contributed by atoms with E-state index >= 15 is 0 Å². The first-order valence-electron chi connectivity index (χ1n) is 6.34. The summed E-state index contributed by atoms with van der Waals surface area (Å²) < 4.78 is 4.75. The standard InChI is InChI=1S/C14H14ClN3O3/c1-2-21-12(19)8-16-14-17-11(13(20)18-14)7-9-4-3-5-10(15)6-9/h3-7H,2,8H2,1H3,(H2,16,17,18,20)/b11-7-. The Morgan fingerprint density at radius 1 is 1.43 bits per heavy atom. The molecule has 6 nitrogen and oxygen atoms in total. The van der Waals surface area contributed by atoms with Crippen LogP contribution in [0, 0.1) is 0 Å². The maximum Gasteiger partial charge on any atom is 0.327 e. The van der Waals surface area contributed by atoms with E-state index in [1.54, 1.807) is 31.2 Å². The summed E-state index contributed by atoms with van der Waals surface area (Å²) in [6.07, 6.45) is 1.65. The fourth-order valence-electron chi connectivity index (χ4n) is 1.68. The van der Waals surface area contributed by atoms with Crippen molar-refractivity contribution >= 4 is 35.5 Å². The molecular formula is C14H14ClN3O3. The summed E-state index contributed by atoms with van der Waals surface area (Å²) in [7, 11) is 0. The predicted molar refractivity (Wildman–Crippen MR) is 79.6 cm³/mol. The van der Waals surface area contributed by atoms with Gasteiger partial charge < -0.3 is 10.1 Å². The molecule has 1 saturated heterocycles. The molecule has 0 spiro atoms. The molecule has 1 amide bonds. The molecule has 7 heteroatoms. The number of amides is 1. The first kappa shape index (κ1) is 15.1. The minimum absolute atomic E-state index is 0.152. The number of halogens is 1. The van der Waals surface area contributed by atoms with Crippen LogP contribution in [0.5, 0.6) is 0 Å². The van der Waals surface area contributed by atoms with Crippen LogP contribution in [0.1, 0.15) is 12.5 Å². The molecule has 21 heavy (non-hydrogen) atoms. The van der Waals surface area contributed by atoms with Gasteiger partial charge in [-0.3, -0.25) is 14.9 Å². The van der Waals surface area contributed by atoms with E-state index in [0.29, 0.717) is 17.3 Å². The number of hydrogen-bond donors (Lipinski definition) is 2. The average Bonchev–Trinajstić information content (AvgIpc) is 2.77. The molecule has 0 bridgehead atoms. The van der Waals surface area contributed by atoms with E-state index in [1.165, 1.54) is 0 Å². The number of nitrogens with zero attached hydrogens (tertiary/aromatic N) is 1. The Hall–Kier alpha value is -2.34. The van der Waals surface area contributed by atoms with Crippen LogP contribution in [0.15, 0.2) is 35.0 Å². The van der Waals surface area contributed by atoms with E-state index in [0.717, 1.165) is 5.56 Å². The maximum absolute atomic E-state index is 11.8. The lowest BCUT2D eigenvalue weighted by molar-refractivity contribution is -0.141. The van der Waals surface area contributed by atoms with Gasteiger partial charge in [0.1, 0.15) is 12.2 Å². The fraction of sp³-hybridized carbons (Fsp3) is 0.214. The van der Waals surface area contributed by atoms with Crippen molar-refractivity contribution in [2.24, 2.45) is 4.99 Å². The molecule has 2 N–H and O–H groups in total. The van der Waals surface area contributed by atoms with Gasteiger partial charge in [-0.2, -0.15) is 0 Å². The van der Waals surface area contributed by atoms with Crippen LogP contribution in [0.4, 0.5) is 0 Å². The molecule has 2 rings (SSSR count). The van der Waals surface area contributed by atoms with Crippen molar-refractivity contribution in [3.63, 3.8) is 0 Å². The maximum atomic E-state index is 11.8. The Bertz CT molecular complexity index is 626. The predicted octanol–water partition coefficient (Wildman–Crippen LogP) is 1.32. The SMILES string of the molecule is CCOC(=O)CN=C1NC(=O)/C(=C/c2cccc(Cl)c2)N1. The molecule has 110 valence electrons. The van der Waals surface area contributed by atoms with Crippen LogP contribution < -0.4 is 10.6 Å². The molecule has 1 aromatic carbocycles. The third-order valence-electron chi connectivity index (χ3n) is 2.56. The summed E-state index contributed by atoms with van der Waals surface area (Å²) in [5.74, 6) is -0.549. The van der Waals surface area contributed by atoms with Crippen molar-refractivity contribution in [1.82, 2.24) is 10.6 Å². The van der Waals surface area contributed by atoms with E-state index in [9.17, 15) is 9.59 Å². The lowest BCUT2D eigenvalue weighted by atomic mass is 10.2. The van der Waals surface area contributed by atoms with Gasteiger partial charge in [-0.15, -0.1) is 0 Å². The summed E-state index contributed by atoms with van der Waals surface area (Å²) in [6, 6.07) is 7.09. The molecule has 0 atom stereocenters. The molecule has 1 aliphatic rings. The van der Waals surface area contributed by atoms with Crippen LogP contribution >= 0.6 is 11.6 Å². The molecule has 0 aliphatic carbocycles. The highest BCUT2D eigenvalue weighted by Crippen LogP contribution is 2.14. The average molecular weight is 308 g/mol. The summed E-state index contributed by atoms with van der Waals surface area (Å²) in [5, 5.41) is 5.92. The van der Waals surface area contributed by atoms with Crippen LogP contribution in [0.3, 0.4) is 0 Å². The number of esters is 1. The molecule has 0 unspecified atom stereocenters. The minimum atomic E-state index is -0.451. The normalized spacial score (nSPS) is 17.7. The van der Waals surface area contributed by atoms with E-state index in [1.807, 2.05) is 6.07 Å². The lowest BCUT2D eigenvalue weighted by Gasteiger charge is -1.99. The largest absolute Gasteiger partial charge is 0.465 e. The van der Waals surface area contributed by atoms with Crippen LogP contribution in [-0.2, 0) is 14.3 Å². The van der Waals surface area contributed by atoms with Gasteiger partial charge in [0.15, 0.2) is 0 Å². The van der Waals surface area contributed by atoms with Crippen molar-refractivity contribution in [2.45, 2.75) is 6.92 Å². The highest BCUT2D eigenvalue weighted by molar-refractivity contribution is 6.30. The summed E-state index contributed by atoms with van der Waals surface area (Å²) in [4.78, 5) is 26.9. The van der Waals surface area contributed by atoms with Crippen molar-refractivity contribution in [3.05, 3.63) is 40.5 Å². The fourth-order valence-corrected chi connectivity index (χ4v) is 1.88. The summed E-state index contributed by atoms with van der Waals surface area (Å²) in [6.45, 7) is 1.86. The molecule has 1 fully saturated rings. The number of ether oxygens (including phenoxy) is 1. The number of guanidine groups is 1. The van der Waals surface area contributed by atoms with Gasteiger partial charge in [0.05, 0.1) is 6.61 Å².